The highest BCUT2D eigenvalue weighted by Gasteiger charge is 2.11. The Bertz CT molecular complexity index is 467. The Morgan fingerprint density at radius 1 is 1.29 bits per heavy atom. The summed E-state index contributed by atoms with van der Waals surface area (Å²) in [6, 6.07) is 6.64. The van der Waals surface area contributed by atoms with Gasteiger partial charge in [0.15, 0.2) is 0 Å². The summed E-state index contributed by atoms with van der Waals surface area (Å²) < 4.78 is 18.0. The number of hydrogen-bond acceptors (Lipinski definition) is 4. The monoisotopic (exact) mass is 340 g/mol. The van der Waals surface area contributed by atoms with Gasteiger partial charge >= 0.3 is 5.97 Å². The van der Waals surface area contributed by atoms with Crippen LogP contribution in [0.1, 0.15) is 57.7 Å². The van der Waals surface area contributed by atoms with Gasteiger partial charge < -0.3 is 15.8 Å². The van der Waals surface area contributed by atoms with Gasteiger partial charge in [0.05, 0.1) is 0 Å². The van der Waals surface area contributed by atoms with E-state index in [1.807, 2.05) is 0 Å². The third-order valence-electron chi connectivity index (χ3n) is 3.22. The number of rotatable bonds is 10. The zero-order valence-corrected chi connectivity index (χ0v) is 14.6. The Labute approximate surface area is 143 Å². The second-order valence-corrected chi connectivity index (χ2v) is 5.26. The van der Waals surface area contributed by atoms with Crippen LogP contribution in [0, 0.1) is 0 Å². The molecule has 0 saturated carbocycles. The number of halogens is 1. The van der Waals surface area contributed by atoms with Crippen LogP contribution < -0.4 is 15.8 Å². The fraction of sp³-hybridized carbons (Fsp3) is 0.556. The SMILES string of the molecule is CCC(=O)Oc1ccccc1C(C)F.NCCCCCCNC=O. The Morgan fingerprint density at radius 2 is 1.96 bits per heavy atom. The minimum absolute atomic E-state index is 0.287. The maximum atomic E-state index is 13.1. The lowest BCUT2D eigenvalue weighted by atomic mass is 10.1. The molecule has 24 heavy (non-hydrogen) atoms. The molecule has 0 aliphatic rings. The fourth-order valence-corrected chi connectivity index (χ4v) is 1.88. The molecule has 0 heterocycles. The van der Waals surface area contributed by atoms with E-state index in [2.05, 4.69) is 5.32 Å². The van der Waals surface area contributed by atoms with Gasteiger partial charge in [-0.25, -0.2) is 4.39 Å². The van der Waals surface area contributed by atoms with E-state index in [0.29, 0.717) is 11.3 Å². The van der Waals surface area contributed by atoms with Crippen molar-refractivity contribution in [2.24, 2.45) is 5.73 Å². The summed E-state index contributed by atoms with van der Waals surface area (Å²) in [6.07, 6.45) is 4.41. The number of nitrogens with one attached hydrogen (secondary N) is 1. The van der Waals surface area contributed by atoms with Crippen molar-refractivity contribution in [1.29, 1.82) is 0 Å². The molecule has 1 rings (SSSR count). The van der Waals surface area contributed by atoms with Crippen LogP contribution in [0.2, 0.25) is 0 Å². The topological polar surface area (TPSA) is 81.4 Å². The average Bonchev–Trinajstić information content (AvgIpc) is 2.59. The Morgan fingerprint density at radius 3 is 2.54 bits per heavy atom. The Kier molecular flexibility index (Phi) is 13.4. The van der Waals surface area contributed by atoms with E-state index in [4.69, 9.17) is 10.5 Å². The van der Waals surface area contributed by atoms with Crippen LogP contribution in [0.5, 0.6) is 5.75 Å². The largest absolute Gasteiger partial charge is 0.426 e. The normalized spacial score (nSPS) is 11.0. The lowest BCUT2D eigenvalue weighted by molar-refractivity contribution is -0.134. The van der Waals surface area contributed by atoms with Crippen molar-refractivity contribution in [3.05, 3.63) is 29.8 Å². The van der Waals surface area contributed by atoms with Crippen molar-refractivity contribution in [3.63, 3.8) is 0 Å². The summed E-state index contributed by atoms with van der Waals surface area (Å²) in [4.78, 5) is 20.8. The Balaban J connectivity index is 0.000000470. The van der Waals surface area contributed by atoms with Crippen LogP contribution >= 0.6 is 0 Å². The zero-order valence-electron chi connectivity index (χ0n) is 14.6. The quantitative estimate of drug-likeness (QED) is 0.296. The molecule has 136 valence electrons. The molecule has 3 N–H and O–H groups in total. The molecule has 0 spiro atoms. The highest BCUT2D eigenvalue weighted by atomic mass is 19.1. The predicted molar refractivity (Wildman–Crippen MR) is 93.5 cm³/mol. The molecule has 0 aliphatic carbocycles. The average molecular weight is 340 g/mol. The molecule has 1 aromatic rings. The summed E-state index contributed by atoms with van der Waals surface area (Å²) in [5.74, 6) is -0.0348. The van der Waals surface area contributed by atoms with Gasteiger partial charge in [-0.3, -0.25) is 9.59 Å². The first-order valence-electron chi connectivity index (χ1n) is 8.37. The molecule has 1 amide bonds. The third-order valence-corrected chi connectivity index (χ3v) is 3.22. The summed E-state index contributed by atoms with van der Waals surface area (Å²) in [5.41, 5.74) is 5.71. The van der Waals surface area contributed by atoms with Crippen molar-refractivity contribution < 1.29 is 18.7 Å². The fourth-order valence-electron chi connectivity index (χ4n) is 1.88. The second-order valence-electron chi connectivity index (χ2n) is 5.26. The van der Waals surface area contributed by atoms with Gasteiger partial charge in [-0.05, 0) is 32.4 Å². The Hall–Kier alpha value is -1.95. The second kappa shape index (κ2) is 14.6. The van der Waals surface area contributed by atoms with Gasteiger partial charge in [-0.2, -0.15) is 0 Å². The van der Waals surface area contributed by atoms with Crippen LogP contribution in [-0.2, 0) is 9.59 Å². The number of amides is 1. The van der Waals surface area contributed by atoms with E-state index in [0.717, 1.165) is 38.8 Å². The molecule has 0 fully saturated rings. The number of unbranched alkanes of at least 4 members (excludes halogenated alkanes) is 3. The number of alkyl halides is 1. The number of nitrogens with two attached hydrogens (primary N) is 1. The van der Waals surface area contributed by atoms with Gasteiger partial charge in [-0.15, -0.1) is 0 Å². The summed E-state index contributed by atoms with van der Waals surface area (Å²) in [6.45, 7) is 4.69. The molecule has 0 radical (unpaired) electrons. The standard InChI is InChI=1S/C11H13FO2.C7H16N2O/c1-3-11(13)14-10-7-5-4-6-9(10)8(2)12;8-5-3-1-2-4-6-9-7-10/h4-8H,3H2,1-2H3;7H,1-6,8H2,(H,9,10). The van der Waals surface area contributed by atoms with Gasteiger partial charge in [0.1, 0.15) is 11.9 Å². The molecule has 0 saturated heterocycles. The van der Waals surface area contributed by atoms with E-state index in [1.165, 1.54) is 13.3 Å². The van der Waals surface area contributed by atoms with Crippen LogP contribution in [-0.4, -0.2) is 25.5 Å². The van der Waals surface area contributed by atoms with Crippen molar-refractivity contribution in [3.8, 4) is 5.75 Å². The van der Waals surface area contributed by atoms with E-state index in [9.17, 15) is 14.0 Å². The van der Waals surface area contributed by atoms with Crippen LogP contribution in [0.15, 0.2) is 24.3 Å². The summed E-state index contributed by atoms with van der Waals surface area (Å²) in [7, 11) is 0. The zero-order chi connectivity index (χ0) is 18.2. The van der Waals surface area contributed by atoms with Gasteiger partial charge in [0, 0.05) is 18.5 Å². The van der Waals surface area contributed by atoms with E-state index in [-0.39, 0.29) is 12.4 Å². The number of esters is 1. The smallest absolute Gasteiger partial charge is 0.310 e. The maximum Gasteiger partial charge on any atom is 0.310 e. The van der Waals surface area contributed by atoms with Gasteiger partial charge in [0.25, 0.3) is 0 Å². The molecule has 1 atom stereocenters. The van der Waals surface area contributed by atoms with Crippen molar-refractivity contribution in [2.75, 3.05) is 13.1 Å². The number of hydrogen-bond donors (Lipinski definition) is 2. The third kappa shape index (κ3) is 10.7. The molecular formula is C18H29FN2O3. The van der Waals surface area contributed by atoms with Crippen molar-refractivity contribution in [1.82, 2.24) is 5.32 Å². The molecule has 0 aliphatic heterocycles. The van der Waals surface area contributed by atoms with E-state index in [1.54, 1.807) is 31.2 Å². The number of ether oxygens (including phenoxy) is 1. The number of carbonyl (C=O) groups excluding carboxylic acids is 2. The molecule has 0 bridgehead atoms. The predicted octanol–water partition coefficient (Wildman–Crippen LogP) is 3.28. The lowest BCUT2D eigenvalue weighted by Crippen LogP contribution is -2.11. The minimum atomic E-state index is -1.13. The summed E-state index contributed by atoms with van der Waals surface area (Å²) >= 11 is 0. The summed E-state index contributed by atoms with van der Waals surface area (Å²) in [5, 5.41) is 2.61. The van der Waals surface area contributed by atoms with Gasteiger partial charge in [-0.1, -0.05) is 38.0 Å². The molecular weight excluding hydrogens is 311 g/mol. The lowest BCUT2D eigenvalue weighted by Gasteiger charge is -2.09. The first-order valence-corrected chi connectivity index (χ1v) is 8.37. The van der Waals surface area contributed by atoms with E-state index >= 15 is 0 Å². The minimum Gasteiger partial charge on any atom is -0.426 e. The maximum absolute atomic E-state index is 13.1. The number of benzene rings is 1. The number of para-hydroxylation sites is 1. The van der Waals surface area contributed by atoms with E-state index < -0.39 is 6.17 Å². The molecule has 1 unspecified atom stereocenters. The van der Waals surface area contributed by atoms with Crippen LogP contribution in [0.3, 0.4) is 0 Å². The van der Waals surface area contributed by atoms with Crippen LogP contribution in [0.4, 0.5) is 4.39 Å². The van der Waals surface area contributed by atoms with Crippen LogP contribution in [0.25, 0.3) is 0 Å². The first kappa shape index (κ1) is 22.1. The molecule has 5 nitrogen and oxygen atoms in total. The van der Waals surface area contributed by atoms with Gasteiger partial charge in [0.2, 0.25) is 6.41 Å². The van der Waals surface area contributed by atoms with Crippen molar-refractivity contribution in [2.45, 2.75) is 52.1 Å². The molecule has 1 aromatic carbocycles. The highest BCUT2D eigenvalue weighted by molar-refractivity contribution is 5.72. The first-order chi connectivity index (χ1) is 11.6. The highest BCUT2D eigenvalue weighted by Crippen LogP contribution is 2.27. The molecule has 6 heteroatoms. The molecule has 0 aromatic heterocycles. The van der Waals surface area contributed by atoms with Crippen molar-refractivity contribution >= 4 is 12.4 Å². The number of carbonyl (C=O) groups is 2.